The lowest BCUT2D eigenvalue weighted by molar-refractivity contribution is -0.121. The van der Waals surface area contributed by atoms with E-state index in [1.54, 1.807) is 0 Å². The average Bonchev–Trinajstić information content (AvgIpc) is 2.82. The van der Waals surface area contributed by atoms with Gasteiger partial charge in [0.2, 0.25) is 5.91 Å². The second-order valence-corrected chi connectivity index (χ2v) is 8.11. The van der Waals surface area contributed by atoms with Gasteiger partial charge in [0.05, 0.1) is 6.10 Å². The van der Waals surface area contributed by atoms with E-state index in [2.05, 4.69) is 20.9 Å². The zero-order valence-electron chi connectivity index (χ0n) is 17.3. The summed E-state index contributed by atoms with van der Waals surface area (Å²) in [6.07, 6.45) is 10.4. The number of amides is 1. The van der Waals surface area contributed by atoms with Crippen LogP contribution in [-0.4, -0.2) is 49.8 Å². The van der Waals surface area contributed by atoms with E-state index >= 15 is 0 Å². The Bertz CT molecular complexity index is 411. The highest BCUT2D eigenvalue weighted by Crippen LogP contribution is 2.19. The van der Waals surface area contributed by atoms with Gasteiger partial charge in [0.1, 0.15) is 6.54 Å². The second kappa shape index (κ2) is 13.0. The lowest BCUT2D eigenvalue weighted by atomic mass is 10.1. The summed E-state index contributed by atoms with van der Waals surface area (Å²) in [5.74, 6) is 0.632. The average molecular weight is 369 g/mol. The van der Waals surface area contributed by atoms with Crippen LogP contribution in [0.2, 0.25) is 0 Å². The highest BCUT2D eigenvalue weighted by molar-refractivity contribution is 5.85. The zero-order valence-corrected chi connectivity index (χ0v) is 17.3. The standard InChI is InChI=1S/C20H40N4O2/c1-5-21-19(23-16-18(25)24-20(2,3)4)22-14-10-11-15-26-17-12-8-6-7-9-13-17/h17H,5-16H2,1-4H3,(H,24,25)(H2,21,22,23). The van der Waals surface area contributed by atoms with Gasteiger partial charge in [-0.05, 0) is 53.4 Å². The van der Waals surface area contributed by atoms with Crippen molar-refractivity contribution in [3.63, 3.8) is 0 Å². The summed E-state index contributed by atoms with van der Waals surface area (Å²) in [6.45, 7) is 10.5. The molecule has 6 heteroatoms. The predicted molar refractivity (Wildman–Crippen MR) is 109 cm³/mol. The van der Waals surface area contributed by atoms with E-state index in [0.717, 1.165) is 32.5 Å². The first kappa shape index (κ1) is 22.7. The van der Waals surface area contributed by atoms with Crippen LogP contribution in [0.1, 0.15) is 79.1 Å². The van der Waals surface area contributed by atoms with Crippen molar-refractivity contribution < 1.29 is 9.53 Å². The zero-order chi connectivity index (χ0) is 19.3. The minimum atomic E-state index is -0.226. The van der Waals surface area contributed by atoms with Crippen molar-refractivity contribution in [2.24, 2.45) is 4.99 Å². The molecule has 0 bridgehead atoms. The number of ether oxygens (including phenoxy) is 1. The molecule has 26 heavy (non-hydrogen) atoms. The van der Waals surface area contributed by atoms with Crippen LogP contribution in [0.4, 0.5) is 0 Å². The topological polar surface area (TPSA) is 74.8 Å². The molecule has 1 fully saturated rings. The van der Waals surface area contributed by atoms with Crippen molar-refractivity contribution >= 4 is 11.9 Å². The minimum absolute atomic E-state index is 0.0634. The highest BCUT2D eigenvalue weighted by Gasteiger charge is 2.13. The first-order chi connectivity index (χ1) is 12.4. The third-order valence-electron chi connectivity index (χ3n) is 4.26. The van der Waals surface area contributed by atoms with E-state index in [1.165, 1.54) is 38.5 Å². The maximum atomic E-state index is 11.9. The van der Waals surface area contributed by atoms with Gasteiger partial charge >= 0.3 is 0 Å². The van der Waals surface area contributed by atoms with Gasteiger partial charge in [-0.15, -0.1) is 0 Å². The fraction of sp³-hybridized carbons (Fsp3) is 0.900. The smallest absolute Gasteiger partial charge is 0.242 e. The molecule has 6 nitrogen and oxygen atoms in total. The number of carbonyl (C=O) groups excluding carboxylic acids is 1. The van der Waals surface area contributed by atoms with E-state index < -0.39 is 0 Å². The molecule has 0 unspecified atom stereocenters. The Kier molecular flexibility index (Phi) is 11.3. The molecule has 1 amide bonds. The summed E-state index contributed by atoms with van der Waals surface area (Å²) in [5.41, 5.74) is -0.226. The Morgan fingerprint density at radius 3 is 2.38 bits per heavy atom. The monoisotopic (exact) mass is 368 g/mol. The van der Waals surface area contributed by atoms with Crippen LogP contribution in [0.15, 0.2) is 4.99 Å². The number of nitrogens with zero attached hydrogens (tertiary/aromatic N) is 1. The summed E-state index contributed by atoms with van der Waals surface area (Å²) in [5, 5.41) is 9.39. The fourth-order valence-electron chi connectivity index (χ4n) is 3.04. The van der Waals surface area contributed by atoms with E-state index in [0.29, 0.717) is 12.1 Å². The van der Waals surface area contributed by atoms with Gasteiger partial charge in [-0.2, -0.15) is 0 Å². The Morgan fingerprint density at radius 1 is 1.08 bits per heavy atom. The number of unbranched alkanes of at least 4 members (excludes halogenated alkanes) is 1. The minimum Gasteiger partial charge on any atom is -0.378 e. The van der Waals surface area contributed by atoms with Crippen LogP contribution >= 0.6 is 0 Å². The summed E-state index contributed by atoms with van der Waals surface area (Å²) in [6, 6.07) is 0. The third-order valence-corrected chi connectivity index (χ3v) is 4.26. The molecule has 0 spiro atoms. The van der Waals surface area contributed by atoms with Crippen LogP contribution in [-0.2, 0) is 9.53 Å². The second-order valence-electron chi connectivity index (χ2n) is 8.11. The van der Waals surface area contributed by atoms with Gasteiger partial charge in [0.25, 0.3) is 0 Å². The molecule has 1 aliphatic rings. The van der Waals surface area contributed by atoms with E-state index in [9.17, 15) is 4.79 Å². The molecule has 0 radical (unpaired) electrons. The summed E-state index contributed by atoms with van der Waals surface area (Å²) < 4.78 is 6.02. The molecule has 0 aromatic heterocycles. The summed E-state index contributed by atoms with van der Waals surface area (Å²) >= 11 is 0. The molecule has 0 heterocycles. The van der Waals surface area contributed by atoms with Crippen molar-refractivity contribution in [2.45, 2.75) is 90.7 Å². The number of hydrogen-bond acceptors (Lipinski definition) is 3. The fourth-order valence-corrected chi connectivity index (χ4v) is 3.04. The Hall–Kier alpha value is -1.30. The van der Waals surface area contributed by atoms with Gasteiger partial charge in [-0.1, -0.05) is 25.7 Å². The van der Waals surface area contributed by atoms with Crippen molar-refractivity contribution in [1.29, 1.82) is 0 Å². The molecule has 1 saturated carbocycles. The number of nitrogens with one attached hydrogen (secondary N) is 3. The van der Waals surface area contributed by atoms with Crippen LogP contribution in [0.3, 0.4) is 0 Å². The molecular formula is C20H40N4O2. The lowest BCUT2D eigenvalue weighted by Crippen LogP contribution is -2.43. The summed E-state index contributed by atoms with van der Waals surface area (Å²) in [4.78, 5) is 16.2. The third kappa shape index (κ3) is 12.1. The molecule has 0 atom stereocenters. The molecule has 0 aliphatic heterocycles. The molecule has 1 aliphatic carbocycles. The normalized spacial score (nSPS) is 16.8. The molecule has 0 saturated heterocycles. The quantitative estimate of drug-likeness (QED) is 0.253. The number of hydrogen-bond donors (Lipinski definition) is 3. The summed E-state index contributed by atoms with van der Waals surface area (Å²) in [7, 11) is 0. The Balaban J connectivity index is 2.17. The molecule has 0 aromatic carbocycles. The highest BCUT2D eigenvalue weighted by atomic mass is 16.5. The van der Waals surface area contributed by atoms with E-state index in [-0.39, 0.29) is 18.0 Å². The van der Waals surface area contributed by atoms with Crippen molar-refractivity contribution in [3.05, 3.63) is 0 Å². The molecular weight excluding hydrogens is 328 g/mol. The van der Waals surface area contributed by atoms with Crippen molar-refractivity contribution in [2.75, 3.05) is 26.2 Å². The van der Waals surface area contributed by atoms with Gasteiger partial charge in [0.15, 0.2) is 5.96 Å². The largest absolute Gasteiger partial charge is 0.378 e. The van der Waals surface area contributed by atoms with Gasteiger partial charge in [-0.25, -0.2) is 4.99 Å². The number of rotatable bonds is 9. The van der Waals surface area contributed by atoms with Gasteiger partial charge < -0.3 is 20.7 Å². The molecule has 152 valence electrons. The van der Waals surface area contributed by atoms with E-state index in [4.69, 9.17) is 4.74 Å². The Morgan fingerprint density at radius 2 is 1.77 bits per heavy atom. The van der Waals surface area contributed by atoms with Crippen molar-refractivity contribution in [1.82, 2.24) is 16.0 Å². The van der Waals surface area contributed by atoms with Crippen LogP contribution in [0.5, 0.6) is 0 Å². The number of carbonyl (C=O) groups is 1. The molecule has 3 N–H and O–H groups in total. The first-order valence-corrected chi connectivity index (χ1v) is 10.4. The van der Waals surface area contributed by atoms with Crippen molar-refractivity contribution in [3.8, 4) is 0 Å². The van der Waals surface area contributed by atoms with Crippen LogP contribution < -0.4 is 16.0 Å². The maximum Gasteiger partial charge on any atom is 0.242 e. The lowest BCUT2D eigenvalue weighted by Gasteiger charge is -2.20. The number of guanidine groups is 1. The van der Waals surface area contributed by atoms with E-state index in [1.807, 2.05) is 27.7 Å². The van der Waals surface area contributed by atoms with Crippen LogP contribution in [0, 0.1) is 0 Å². The van der Waals surface area contributed by atoms with Crippen LogP contribution in [0.25, 0.3) is 0 Å². The van der Waals surface area contributed by atoms with Gasteiger partial charge in [0, 0.05) is 25.2 Å². The van der Waals surface area contributed by atoms with Gasteiger partial charge in [-0.3, -0.25) is 4.79 Å². The first-order valence-electron chi connectivity index (χ1n) is 10.4. The Labute approximate surface area is 159 Å². The number of aliphatic imine (C=N–C) groups is 1. The SMILES string of the molecule is CCNC(=NCC(=O)NC(C)(C)C)NCCCCOC1CCCCCC1. The maximum absolute atomic E-state index is 11.9. The molecule has 0 aromatic rings. The molecule has 1 rings (SSSR count). The predicted octanol–water partition coefficient (Wildman–Crippen LogP) is 2.98.